The Balaban J connectivity index is 1.46. The van der Waals surface area contributed by atoms with Gasteiger partial charge in [0, 0.05) is 43.4 Å². The third-order valence-corrected chi connectivity index (χ3v) is 4.61. The monoisotopic (exact) mass is 391 g/mol. The minimum atomic E-state index is -0.0707. The molecule has 0 unspecified atom stereocenters. The number of carbonyl (C=O) groups is 1. The molecule has 2 aromatic rings. The molecule has 128 valence electrons. The van der Waals surface area contributed by atoms with E-state index < -0.39 is 0 Å². The van der Waals surface area contributed by atoms with Gasteiger partial charge in [0.2, 0.25) is 0 Å². The Morgan fingerprint density at radius 3 is 2.75 bits per heavy atom. The fourth-order valence-electron chi connectivity index (χ4n) is 2.72. The number of nitrogens with one attached hydrogen (secondary N) is 2. The second-order valence-corrected chi connectivity index (χ2v) is 6.77. The van der Waals surface area contributed by atoms with Crippen LogP contribution in [0.5, 0.6) is 0 Å². The molecule has 1 aromatic heterocycles. The van der Waals surface area contributed by atoms with E-state index in [1.165, 1.54) is 0 Å². The Hall–Kier alpha value is -1.70. The molecule has 1 saturated heterocycles. The molecule has 0 atom stereocenters. The fourth-order valence-corrected chi connectivity index (χ4v) is 2.98. The van der Waals surface area contributed by atoms with Crippen LogP contribution in [0.15, 0.2) is 41.1 Å². The molecular weight excluding hydrogens is 370 g/mol. The maximum atomic E-state index is 12.2. The summed E-state index contributed by atoms with van der Waals surface area (Å²) in [6.45, 7) is 6.01. The van der Waals surface area contributed by atoms with E-state index in [2.05, 4.69) is 36.6 Å². The molecule has 0 saturated carbocycles. The van der Waals surface area contributed by atoms with E-state index in [0.29, 0.717) is 12.1 Å². The average Bonchev–Trinajstić information content (AvgIpc) is 3.10. The Morgan fingerprint density at radius 1 is 1.25 bits per heavy atom. The predicted octanol–water partition coefficient (Wildman–Crippen LogP) is 1.66. The number of rotatable bonds is 6. The van der Waals surface area contributed by atoms with Gasteiger partial charge in [0.15, 0.2) is 0 Å². The van der Waals surface area contributed by atoms with Crippen LogP contribution in [0, 0.1) is 0 Å². The van der Waals surface area contributed by atoms with Crippen LogP contribution in [-0.4, -0.2) is 59.9 Å². The van der Waals surface area contributed by atoms with Gasteiger partial charge < -0.3 is 15.5 Å². The molecule has 0 spiro atoms. The number of hydrogen-bond acceptors (Lipinski definition) is 4. The maximum absolute atomic E-state index is 12.2. The molecule has 1 aliphatic heterocycles. The molecule has 1 aliphatic rings. The van der Waals surface area contributed by atoms with Gasteiger partial charge in [-0.25, -0.2) is 4.68 Å². The van der Waals surface area contributed by atoms with E-state index in [0.717, 1.165) is 49.3 Å². The van der Waals surface area contributed by atoms with Crippen molar-refractivity contribution in [1.82, 2.24) is 25.3 Å². The lowest BCUT2D eigenvalue weighted by Gasteiger charge is -2.27. The summed E-state index contributed by atoms with van der Waals surface area (Å²) in [6.07, 6.45) is 4.33. The van der Waals surface area contributed by atoms with Gasteiger partial charge in [-0.1, -0.05) is 15.9 Å². The summed E-state index contributed by atoms with van der Waals surface area (Å²) in [6, 6.07) is 7.80. The maximum Gasteiger partial charge on any atom is 0.254 e. The first-order chi connectivity index (χ1) is 11.7. The molecule has 0 aliphatic carbocycles. The van der Waals surface area contributed by atoms with Crippen molar-refractivity contribution in [3.05, 3.63) is 46.7 Å². The number of hydrogen-bond donors (Lipinski definition) is 2. The lowest BCUT2D eigenvalue weighted by molar-refractivity contribution is 0.0951. The highest BCUT2D eigenvalue weighted by atomic mass is 79.9. The highest BCUT2D eigenvalue weighted by molar-refractivity contribution is 9.10. The highest BCUT2D eigenvalue weighted by Gasteiger charge is 2.11. The summed E-state index contributed by atoms with van der Waals surface area (Å²) >= 11 is 3.41. The molecule has 1 aromatic carbocycles. The smallest absolute Gasteiger partial charge is 0.254 e. The van der Waals surface area contributed by atoms with Crippen molar-refractivity contribution in [2.75, 3.05) is 39.3 Å². The van der Waals surface area contributed by atoms with E-state index in [4.69, 9.17) is 0 Å². The minimum absolute atomic E-state index is 0.0707. The Morgan fingerprint density at radius 2 is 2.00 bits per heavy atom. The Kier molecular flexibility index (Phi) is 6.01. The van der Waals surface area contributed by atoms with Crippen molar-refractivity contribution >= 4 is 21.8 Å². The lowest BCUT2D eigenvalue weighted by Crippen LogP contribution is -2.44. The fraction of sp³-hybridized carbons (Fsp3) is 0.412. The second-order valence-electron chi connectivity index (χ2n) is 5.85. The zero-order valence-electron chi connectivity index (χ0n) is 13.5. The predicted molar refractivity (Wildman–Crippen MR) is 97.5 cm³/mol. The summed E-state index contributed by atoms with van der Waals surface area (Å²) in [5.74, 6) is -0.0707. The standard InChI is InChI=1S/C17H22BrN5O/c18-15-2-4-16(5-3-15)23-13-14(12-21-23)17(24)20-6-1-9-22-10-7-19-8-11-22/h2-5,12-13,19H,1,6-11H2,(H,20,24). The van der Waals surface area contributed by atoms with Gasteiger partial charge in [-0.15, -0.1) is 0 Å². The first-order valence-corrected chi connectivity index (χ1v) is 9.03. The molecule has 7 heteroatoms. The van der Waals surface area contributed by atoms with Gasteiger partial charge in [-0.05, 0) is 37.2 Å². The summed E-state index contributed by atoms with van der Waals surface area (Å²) in [5, 5.41) is 10.6. The van der Waals surface area contributed by atoms with E-state index in [9.17, 15) is 4.79 Å². The van der Waals surface area contributed by atoms with Crippen LogP contribution < -0.4 is 10.6 Å². The van der Waals surface area contributed by atoms with Crippen LogP contribution in [0.2, 0.25) is 0 Å². The summed E-state index contributed by atoms with van der Waals surface area (Å²) in [7, 11) is 0. The normalized spacial score (nSPS) is 15.4. The van der Waals surface area contributed by atoms with Crippen LogP contribution in [0.1, 0.15) is 16.8 Å². The van der Waals surface area contributed by atoms with Gasteiger partial charge >= 0.3 is 0 Å². The Labute approximate surface area is 150 Å². The minimum Gasteiger partial charge on any atom is -0.352 e. The third kappa shape index (κ3) is 4.66. The molecule has 2 heterocycles. The van der Waals surface area contributed by atoms with Gasteiger partial charge in [0.1, 0.15) is 0 Å². The zero-order chi connectivity index (χ0) is 16.8. The highest BCUT2D eigenvalue weighted by Crippen LogP contribution is 2.14. The number of aromatic nitrogens is 2. The van der Waals surface area contributed by atoms with Gasteiger partial charge in [-0.3, -0.25) is 4.79 Å². The van der Waals surface area contributed by atoms with E-state index in [-0.39, 0.29) is 5.91 Å². The topological polar surface area (TPSA) is 62.2 Å². The molecule has 6 nitrogen and oxygen atoms in total. The molecule has 2 N–H and O–H groups in total. The molecule has 0 bridgehead atoms. The van der Waals surface area contributed by atoms with Crippen molar-refractivity contribution in [2.45, 2.75) is 6.42 Å². The van der Waals surface area contributed by atoms with Crippen molar-refractivity contribution in [3.8, 4) is 5.69 Å². The zero-order valence-corrected chi connectivity index (χ0v) is 15.1. The van der Waals surface area contributed by atoms with E-state index >= 15 is 0 Å². The quantitative estimate of drug-likeness (QED) is 0.735. The van der Waals surface area contributed by atoms with Gasteiger partial charge in [-0.2, -0.15) is 5.10 Å². The number of benzene rings is 1. The van der Waals surface area contributed by atoms with E-state index in [1.54, 1.807) is 17.1 Å². The number of piperazine rings is 1. The molecule has 1 fully saturated rings. The van der Waals surface area contributed by atoms with E-state index in [1.807, 2.05) is 24.3 Å². The first kappa shape index (κ1) is 17.1. The molecule has 0 radical (unpaired) electrons. The van der Waals surface area contributed by atoms with Crippen LogP contribution >= 0.6 is 15.9 Å². The Bertz CT molecular complexity index is 664. The molecule has 24 heavy (non-hydrogen) atoms. The molecule has 1 amide bonds. The summed E-state index contributed by atoms with van der Waals surface area (Å²) in [4.78, 5) is 14.6. The van der Waals surface area contributed by atoms with Crippen molar-refractivity contribution < 1.29 is 4.79 Å². The number of carbonyl (C=O) groups excluding carboxylic acids is 1. The van der Waals surface area contributed by atoms with Crippen LogP contribution in [0.4, 0.5) is 0 Å². The average molecular weight is 392 g/mol. The second kappa shape index (κ2) is 8.41. The third-order valence-electron chi connectivity index (χ3n) is 4.08. The SMILES string of the molecule is O=C(NCCCN1CCNCC1)c1cnn(-c2ccc(Br)cc2)c1. The molecule has 3 rings (SSSR count). The number of halogens is 1. The largest absolute Gasteiger partial charge is 0.352 e. The van der Waals surface area contributed by atoms with Crippen molar-refractivity contribution in [1.29, 1.82) is 0 Å². The first-order valence-electron chi connectivity index (χ1n) is 8.24. The van der Waals surface area contributed by atoms with Gasteiger partial charge in [0.25, 0.3) is 5.91 Å². The summed E-state index contributed by atoms with van der Waals surface area (Å²) < 4.78 is 2.73. The number of amides is 1. The molecular formula is C17H22BrN5O. The van der Waals surface area contributed by atoms with Crippen LogP contribution in [-0.2, 0) is 0 Å². The van der Waals surface area contributed by atoms with Crippen LogP contribution in [0.25, 0.3) is 5.69 Å². The number of nitrogens with zero attached hydrogens (tertiary/aromatic N) is 3. The van der Waals surface area contributed by atoms with Crippen molar-refractivity contribution in [2.24, 2.45) is 0 Å². The summed E-state index contributed by atoms with van der Waals surface area (Å²) in [5.41, 5.74) is 1.51. The lowest BCUT2D eigenvalue weighted by atomic mass is 10.3. The van der Waals surface area contributed by atoms with Crippen molar-refractivity contribution in [3.63, 3.8) is 0 Å². The van der Waals surface area contributed by atoms with Gasteiger partial charge in [0.05, 0.1) is 17.4 Å². The van der Waals surface area contributed by atoms with Crippen LogP contribution in [0.3, 0.4) is 0 Å².